The molecule has 0 aromatic rings. The van der Waals surface area contributed by atoms with Gasteiger partial charge in [0.05, 0.1) is 6.04 Å². The average molecular weight is 267 g/mol. The molecule has 0 aromatic heterocycles. The number of nitrogens with zero attached hydrogens (tertiary/aromatic N) is 1. The molecule has 1 aliphatic heterocycles. The Kier molecular flexibility index (Phi) is 5.89. The fraction of sp³-hybridized carbons (Fsp3) is 0.812. The van der Waals surface area contributed by atoms with Crippen molar-refractivity contribution in [3.63, 3.8) is 0 Å². The van der Waals surface area contributed by atoms with Gasteiger partial charge in [-0.15, -0.1) is 0 Å². The van der Waals surface area contributed by atoms with Crippen LogP contribution in [0.4, 0.5) is 4.79 Å². The van der Waals surface area contributed by atoms with Crippen molar-refractivity contribution < 1.29 is 9.53 Å². The van der Waals surface area contributed by atoms with E-state index < -0.39 is 5.60 Å². The van der Waals surface area contributed by atoms with E-state index in [9.17, 15) is 4.79 Å². The first-order chi connectivity index (χ1) is 8.85. The first-order valence-electron chi connectivity index (χ1n) is 7.53. The van der Waals surface area contributed by atoms with Crippen molar-refractivity contribution in [2.24, 2.45) is 0 Å². The lowest BCUT2D eigenvalue weighted by Crippen LogP contribution is -2.49. The first-order valence-corrected chi connectivity index (χ1v) is 7.53. The molecule has 0 aromatic carbocycles. The van der Waals surface area contributed by atoms with Gasteiger partial charge in [-0.3, -0.25) is 4.90 Å². The zero-order chi connectivity index (χ0) is 14.5. The summed E-state index contributed by atoms with van der Waals surface area (Å²) >= 11 is 0. The number of carbonyl (C=O) groups excluding carboxylic acids is 1. The Labute approximate surface area is 118 Å². The van der Waals surface area contributed by atoms with Crippen LogP contribution in [0.5, 0.6) is 0 Å². The van der Waals surface area contributed by atoms with Crippen molar-refractivity contribution in [3.05, 3.63) is 12.2 Å². The molecular formula is C16H29NO2. The summed E-state index contributed by atoms with van der Waals surface area (Å²) in [6.07, 6.45) is 9.72. The van der Waals surface area contributed by atoms with E-state index in [0.29, 0.717) is 0 Å². The van der Waals surface area contributed by atoms with Crippen molar-refractivity contribution in [2.75, 3.05) is 0 Å². The highest BCUT2D eigenvalue weighted by molar-refractivity contribution is 5.69. The van der Waals surface area contributed by atoms with E-state index >= 15 is 0 Å². The summed E-state index contributed by atoms with van der Waals surface area (Å²) in [6, 6.07) is 0.463. The number of likely N-dealkylation sites (tertiary alicyclic amines) is 1. The number of carbonyl (C=O) groups is 1. The van der Waals surface area contributed by atoms with Crippen LogP contribution in [0.25, 0.3) is 0 Å². The summed E-state index contributed by atoms with van der Waals surface area (Å²) in [5.74, 6) is 0. The fourth-order valence-corrected chi connectivity index (χ4v) is 2.47. The van der Waals surface area contributed by atoms with Crippen LogP contribution >= 0.6 is 0 Å². The minimum Gasteiger partial charge on any atom is -0.444 e. The Morgan fingerprint density at radius 1 is 1.37 bits per heavy atom. The van der Waals surface area contributed by atoms with E-state index in [4.69, 9.17) is 4.74 Å². The second kappa shape index (κ2) is 6.97. The van der Waals surface area contributed by atoms with Gasteiger partial charge in [-0.2, -0.15) is 0 Å². The summed E-state index contributed by atoms with van der Waals surface area (Å²) in [7, 11) is 0. The predicted molar refractivity (Wildman–Crippen MR) is 79.2 cm³/mol. The summed E-state index contributed by atoms with van der Waals surface area (Å²) in [6.45, 7) is 10.0. The summed E-state index contributed by atoms with van der Waals surface area (Å²) in [5, 5.41) is 0. The van der Waals surface area contributed by atoms with Crippen LogP contribution < -0.4 is 0 Å². The highest BCUT2D eigenvalue weighted by atomic mass is 16.6. The zero-order valence-electron chi connectivity index (χ0n) is 13.1. The van der Waals surface area contributed by atoms with Crippen molar-refractivity contribution in [2.45, 2.75) is 84.4 Å². The van der Waals surface area contributed by atoms with E-state index in [-0.39, 0.29) is 18.2 Å². The lowest BCUT2D eigenvalue weighted by Gasteiger charge is -2.40. The van der Waals surface area contributed by atoms with Crippen LogP contribution in [-0.4, -0.2) is 28.7 Å². The van der Waals surface area contributed by atoms with Crippen molar-refractivity contribution >= 4 is 6.09 Å². The van der Waals surface area contributed by atoms with Crippen LogP contribution in [0.1, 0.15) is 66.7 Å². The molecule has 0 saturated carbocycles. The number of amides is 1. The maximum atomic E-state index is 12.3. The van der Waals surface area contributed by atoms with E-state index in [0.717, 1.165) is 25.7 Å². The summed E-state index contributed by atoms with van der Waals surface area (Å²) in [4.78, 5) is 14.3. The fourth-order valence-electron chi connectivity index (χ4n) is 2.47. The number of allylic oxidation sites excluding steroid dienone is 1. The number of ether oxygens (including phenoxy) is 1. The Morgan fingerprint density at radius 3 is 2.63 bits per heavy atom. The molecule has 110 valence electrons. The molecule has 1 saturated heterocycles. The molecule has 3 nitrogen and oxygen atoms in total. The lowest BCUT2D eigenvalue weighted by atomic mass is 9.96. The van der Waals surface area contributed by atoms with Gasteiger partial charge in [0.1, 0.15) is 5.60 Å². The minimum atomic E-state index is -0.425. The van der Waals surface area contributed by atoms with Crippen LogP contribution in [0.15, 0.2) is 12.2 Å². The van der Waals surface area contributed by atoms with Crippen LogP contribution in [0.3, 0.4) is 0 Å². The Bertz CT molecular complexity index is 317. The smallest absolute Gasteiger partial charge is 0.411 e. The monoisotopic (exact) mass is 267 g/mol. The molecule has 19 heavy (non-hydrogen) atoms. The van der Waals surface area contributed by atoms with Crippen molar-refractivity contribution in [3.8, 4) is 0 Å². The second-order valence-electron chi connectivity index (χ2n) is 6.45. The van der Waals surface area contributed by atoms with Gasteiger partial charge in [-0.1, -0.05) is 25.5 Å². The van der Waals surface area contributed by atoms with Crippen LogP contribution in [-0.2, 0) is 4.74 Å². The van der Waals surface area contributed by atoms with Crippen molar-refractivity contribution in [1.82, 2.24) is 4.90 Å². The number of rotatable bonds is 3. The van der Waals surface area contributed by atoms with Crippen molar-refractivity contribution in [1.29, 1.82) is 0 Å². The largest absolute Gasteiger partial charge is 0.444 e. The molecule has 2 atom stereocenters. The van der Waals surface area contributed by atoms with Gasteiger partial charge in [-0.25, -0.2) is 4.79 Å². The van der Waals surface area contributed by atoms with Gasteiger partial charge in [0.25, 0.3) is 0 Å². The van der Waals surface area contributed by atoms with Gasteiger partial charge < -0.3 is 4.74 Å². The standard InChI is InChI=1S/C16H29NO2/c1-6-7-8-11-14-12-9-10-13(2)17(14)15(18)19-16(3,4)5/h8,11,13-14H,6-7,9-10,12H2,1-5H3. The molecule has 1 amide bonds. The van der Waals surface area contributed by atoms with Crippen LogP contribution in [0, 0.1) is 0 Å². The molecule has 3 heteroatoms. The Hall–Kier alpha value is -0.990. The third kappa shape index (κ3) is 5.25. The van der Waals surface area contributed by atoms with E-state index in [2.05, 4.69) is 26.0 Å². The first kappa shape index (κ1) is 16.1. The number of unbranched alkanes of at least 4 members (excludes halogenated alkanes) is 1. The van der Waals surface area contributed by atoms with Gasteiger partial charge in [0, 0.05) is 6.04 Å². The second-order valence-corrected chi connectivity index (χ2v) is 6.45. The molecular weight excluding hydrogens is 238 g/mol. The average Bonchev–Trinajstić information content (AvgIpc) is 2.26. The van der Waals surface area contributed by atoms with E-state index in [1.807, 2.05) is 25.7 Å². The molecule has 0 bridgehead atoms. The number of hydrogen-bond acceptors (Lipinski definition) is 2. The van der Waals surface area contributed by atoms with Crippen LogP contribution in [0.2, 0.25) is 0 Å². The molecule has 0 spiro atoms. The molecule has 1 fully saturated rings. The third-order valence-electron chi connectivity index (χ3n) is 3.37. The molecule has 1 rings (SSSR count). The molecule has 1 heterocycles. The Morgan fingerprint density at radius 2 is 2.05 bits per heavy atom. The third-order valence-corrected chi connectivity index (χ3v) is 3.37. The molecule has 1 aliphatic rings. The highest BCUT2D eigenvalue weighted by Gasteiger charge is 2.33. The number of piperidine rings is 1. The van der Waals surface area contributed by atoms with Gasteiger partial charge in [0.15, 0.2) is 0 Å². The van der Waals surface area contributed by atoms with E-state index in [1.54, 1.807) is 0 Å². The van der Waals surface area contributed by atoms with Gasteiger partial charge >= 0.3 is 6.09 Å². The minimum absolute atomic E-state index is 0.175. The summed E-state index contributed by atoms with van der Waals surface area (Å²) < 4.78 is 5.54. The summed E-state index contributed by atoms with van der Waals surface area (Å²) in [5.41, 5.74) is -0.425. The van der Waals surface area contributed by atoms with E-state index in [1.165, 1.54) is 6.42 Å². The molecule has 0 aliphatic carbocycles. The lowest BCUT2D eigenvalue weighted by molar-refractivity contribution is 0.00359. The molecule has 0 N–H and O–H groups in total. The zero-order valence-corrected chi connectivity index (χ0v) is 13.1. The topological polar surface area (TPSA) is 29.5 Å². The normalized spacial score (nSPS) is 24.8. The molecule has 2 unspecified atom stereocenters. The number of hydrogen-bond donors (Lipinski definition) is 0. The van der Waals surface area contributed by atoms with Gasteiger partial charge in [0.2, 0.25) is 0 Å². The SMILES string of the molecule is CCCC=CC1CCCC(C)N1C(=O)OC(C)(C)C. The predicted octanol–water partition coefficient (Wildman–Crippen LogP) is 4.52. The quantitative estimate of drug-likeness (QED) is 0.703. The van der Waals surface area contributed by atoms with Gasteiger partial charge in [-0.05, 0) is 53.4 Å². The maximum Gasteiger partial charge on any atom is 0.411 e. The maximum absolute atomic E-state index is 12.3. The highest BCUT2D eigenvalue weighted by Crippen LogP contribution is 2.26. The Balaban J connectivity index is 2.74. The molecule has 0 radical (unpaired) electrons.